The van der Waals surface area contributed by atoms with Crippen molar-refractivity contribution in [2.24, 2.45) is 0 Å². The van der Waals surface area contributed by atoms with E-state index in [2.05, 4.69) is 18.4 Å². The number of ketones is 1. The second kappa shape index (κ2) is 11.5. The normalized spacial score (nSPS) is 8.77. The van der Waals surface area contributed by atoms with E-state index in [9.17, 15) is 9.90 Å². The molecule has 0 aliphatic rings. The summed E-state index contributed by atoms with van der Waals surface area (Å²) in [5.74, 6) is 5.51. The molecule has 1 N–H and O–H groups in total. The molecule has 0 fully saturated rings. The van der Waals surface area contributed by atoms with E-state index >= 15 is 0 Å². The van der Waals surface area contributed by atoms with Gasteiger partial charge in [0, 0.05) is 22.8 Å². The van der Waals surface area contributed by atoms with Gasteiger partial charge in [0.1, 0.15) is 5.75 Å². The van der Waals surface area contributed by atoms with Crippen LogP contribution >= 0.6 is 0 Å². The van der Waals surface area contributed by atoms with E-state index in [-0.39, 0.29) is 28.6 Å². The predicted octanol–water partition coefficient (Wildman–Crippen LogP) is 4.31. The second-order valence-electron chi connectivity index (χ2n) is 4.99. The molecule has 3 nitrogen and oxygen atoms in total. The van der Waals surface area contributed by atoms with Crippen molar-refractivity contribution < 1.29 is 31.7 Å². The smallest absolute Gasteiger partial charge is 0.171 e. The maximum absolute atomic E-state index is 11.9. The molecular formula is C22H18FeO3-6. The minimum atomic E-state index is -0.318. The fourth-order valence-electron chi connectivity index (χ4n) is 1.90. The standard InChI is InChI=1S/C17H13O3.C5H5.Fe/c1-2-11-20-15-9-7-14(12-15)17(19)10-8-13-5-3-4-6-16(13)18;1-2-4-5-3-1;/h2-7,9,12,18H,1,11H2;1-5H;/q-1;-5;. The quantitative estimate of drug-likeness (QED) is 0.239. The summed E-state index contributed by atoms with van der Waals surface area (Å²) in [4.78, 5) is 11.9. The zero-order valence-electron chi connectivity index (χ0n) is 14.0. The summed E-state index contributed by atoms with van der Waals surface area (Å²) in [6, 6.07) is 21.6. The largest absolute Gasteiger partial charge is 0.748 e. The Hall–Kier alpha value is -2.99. The van der Waals surface area contributed by atoms with Crippen molar-refractivity contribution >= 4 is 5.78 Å². The van der Waals surface area contributed by atoms with Crippen LogP contribution in [0.15, 0.2) is 85.5 Å². The van der Waals surface area contributed by atoms with Crippen LogP contribution in [0.25, 0.3) is 0 Å². The van der Waals surface area contributed by atoms with Gasteiger partial charge in [0.15, 0.2) is 5.78 Å². The number of Topliss-reactive ketones (excluding diaryl/α,β-unsaturated/α-hetero) is 1. The number of carbonyl (C=O) groups excluding carboxylic acids is 1. The van der Waals surface area contributed by atoms with Gasteiger partial charge in [-0.3, -0.25) is 4.79 Å². The first kappa shape index (κ1) is 21.1. The van der Waals surface area contributed by atoms with E-state index in [1.165, 1.54) is 6.07 Å². The second-order valence-corrected chi connectivity index (χ2v) is 4.99. The Balaban J connectivity index is 0.000000486. The van der Waals surface area contributed by atoms with Crippen LogP contribution in [-0.2, 0) is 17.1 Å². The number of benzene rings is 1. The van der Waals surface area contributed by atoms with Gasteiger partial charge in [-0.05, 0) is 18.1 Å². The van der Waals surface area contributed by atoms with Crippen LogP contribution in [0.2, 0.25) is 0 Å². The van der Waals surface area contributed by atoms with Crippen LogP contribution in [0.4, 0.5) is 0 Å². The maximum atomic E-state index is 11.9. The molecule has 0 saturated heterocycles. The Kier molecular flexibility index (Phi) is 9.35. The van der Waals surface area contributed by atoms with Gasteiger partial charge in [0.2, 0.25) is 0 Å². The first-order valence-corrected chi connectivity index (χ1v) is 7.72. The number of phenolic OH excluding ortho intramolecular Hbond substituents is 1. The topological polar surface area (TPSA) is 46.5 Å². The number of rotatable bonds is 4. The van der Waals surface area contributed by atoms with Gasteiger partial charge in [-0.15, -0.1) is 17.7 Å². The van der Waals surface area contributed by atoms with E-state index in [4.69, 9.17) is 4.74 Å². The molecule has 0 saturated carbocycles. The van der Waals surface area contributed by atoms with Crippen LogP contribution in [0.5, 0.6) is 11.5 Å². The van der Waals surface area contributed by atoms with E-state index in [1.807, 2.05) is 30.3 Å². The molecule has 3 aromatic carbocycles. The van der Waals surface area contributed by atoms with Crippen LogP contribution in [0.3, 0.4) is 0 Å². The van der Waals surface area contributed by atoms with Crippen molar-refractivity contribution in [3.05, 3.63) is 96.6 Å². The SMILES string of the molecule is C=CCO[c-]1ccc(C(=O)C#Cc2ccccc2O)c1.[Fe].[cH-]1[cH-][cH-][cH-][cH-]1. The van der Waals surface area contributed by atoms with Gasteiger partial charge in [-0.2, -0.15) is 6.07 Å². The molecule has 0 unspecified atom stereocenters. The zero-order chi connectivity index (χ0) is 17.9. The molecule has 0 spiro atoms. The maximum Gasteiger partial charge on any atom is 0.171 e. The molecule has 0 amide bonds. The Morgan fingerprint density at radius 3 is 2.46 bits per heavy atom. The summed E-state index contributed by atoms with van der Waals surface area (Å²) in [5, 5.41) is 9.55. The molecule has 0 aliphatic carbocycles. The predicted molar refractivity (Wildman–Crippen MR) is 99.1 cm³/mol. The molecule has 26 heavy (non-hydrogen) atoms. The van der Waals surface area contributed by atoms with Crippen molar-refractivity contribution in [1.82, 2.24) is 0 Å². The fraction of sp³-hybridized carbons (Fsp3) is 0.0455. The minimum Gasteiger partial charge on any atom is -0.748 e. The van der Waals surface area contributed by atoms with Gasteiger partial charge in [0.05, 0.1) is 12.2 Å². The number of hydrogen-bond donors (Lipinski definition) is 1. The monoisotopic (exact) mass is 386 g/mol. The Morgan fingerprint density at radius 1 is 1.19 bits per heavy atom. The molecule has 4 heteroatoms. The molecule has 3 rings (SSSR count). The third-order valence-corrected chi connectivity index (χ3v) is 3.13. The Bertz CT molecular complexity index is 847. The summed E-state index contributed by atoms with van der Waals surface area (Å²) < 4.78 is 5.31. The fourth-order valence-corrected chi connectivity index (χ4v) is 1.90. The van der Waals surface area contributed by atoms with E-state index in [0.717, 1.165) is 0 Å². The zero-order valence-corrected chi connectivity index (χ0v) is 15.1. The Labute approximate surface area is 164 Å². The molecule has 0 aliphatic heterocycles. The van der Waals surface area contributed by atoms with Crippen LogP contribution < -0.4 is 4.74 Å². The van der Waals surface area contributed by atoms with Crippen LogP contribution in [0.1, 0.15) is 15.9 Å². The first-order valence-electron chi connectivity index (χ1n) is 7.72. The molecule has 0 aromatic heterocycles. The van der Waals surface area contributed by atoms with Crippen LogP contribution in [-0.4, -0.2) is 17.5 Å². The number of carbonyl (C=O) groups is 1. The van der Waals surface area contributed by atoms with E-state index < -0.39 is 0 Å². The molecule has 0 bridgehead atoms. The summed E-state index contributed by atoms with van der Waals surface area (Å²) in [5.41, 5.74) is 0.891. The average molecular weight is 386 g/mol. The van der Waals surface area contributed by atoms with Gasteiger partial charge in [-0.25, -0.2) is 0 Å². The number of aromatic hydroxyl groups is 1. The summed E-state index contributed by atoms with van der Waals surface area (Å²) in [6.45, 7) is 3.94. The molecule has 0 radical (unpaired) electrons. The van der Waals surface area contributed by atoms with Crippen molar-refractivity contribution in [2.45, 2.75) is 0 Å². The van der Waals surface area contributed by atoms with Gasteiger partial charge in [0.25, 0.3) is 0 Å². The number of ether oxygens (including phenoxy) is 1. The van der Waals surface area contributed by atoms with Gasteiger partial charge >= 0.3 is 0 Å². The third-order valence-electron chi connectivity index (χ3n) is 3.13. The average Bonchev–Trinajstić information content (AvgIpc) is 3.33. The number of phenols is 1. The van der Waals surface area contributed by atoms with E-state index in [1.54, 1.807) is 42.5 Å². The molecule has 0 atom stereocenters. The molecular weight excluding hydrogens is 368 g/mol. The van der Waals surface area contributed by atoms with Gasteiger partial charge in [-0.1, -0.05) is 30.7 Å². The molecule has 0 heterocycles. The minimum absolute atomic E-state index is 0. The number of para-hydroxylation sites is 1. The van der Waals surface area contributed by atoms with Gasteiger partial charge < -0.3 is 40.2 Å². The summed E-state index contributed by atoms with van der Waals surface area (Å²) in [7, 11) is 0. The summed E-state index contributed by atoms with van der Waals surface area (Å²) >= 11 is 0. The van der Waals surface area contributed by atoms with E-state index in [0.29, 0.717) is 23.5 Å². The first-order chi connectivity index (χ1) is 12.2. The summed E-state index contributed by atoms with van der Waals surface area (Å²) in [6.07, 6.45) is 1.63. The van der Waals surface area contributed by atoms with Crippen molar-refractivity contribution in [2.75, 3.05) is 6.61 Å². The van der Waals surface area contributed by atoms with Crippen molar-refractivity contribution in [1.29, 1.82) is 0 Å². The van der Waals surface area contributed by atoms with Crippen molar-refractivity contribution in [3.8, 4) is 23.3 Å². The van der Waals surface area contributed by atoms with Crippen molar-refractivity contribution in [3.63, 3.8) is 0 Å². The number of hydrogen-bond acceptors (Lipinski definition) is 3. The Morgan fingerprint density at radius 2 is 1.85 bits per heavy atom. The molecule has 138 valence electrons. The third kappa shape index (κ3) is 6.86. The van der Waals surface area contributed by atoms with Crippen LogP contribution in [0, 0.1) is 11.8 Å². The molecule has 3 aromatic rings.